The van der Waals surface area contributed by atoms with E-state index < -0.39 is 10.2 Å². The first-order chi connectivity index (χ1) is 6.65. The van der Waals surface area contributed by atoms with Gasteiger partial charge in [0, 0.05) is 23.8 Å². The Balaban J connectivity index is 2.47. The molecule has 1 heterocycles. The average Bonchev–Trinajstić information content (AvgIpc) is 2.18. The molecule has 0 aromatic rings. The van der Waals surface area contributed by atoms with Crippen LogP contribution in [0.3, 0.4) is 0 Å². The predicted molar refractivity (Wildman–Crippen MR) is 54.9 cm³/mol. The van der Waals surface area contributed by atoms with Gasteiger partial charge in [-0.3, -0.25) is 4.79 Å². The van der Waals surface area contributed by atoms with Crippen LogP contribution in [0.4, 0.5) is 0 Å². The minimum Gasteiger partial charge on any atom is -0.466 e. The van der Waals surface area contributed by atoms with Gasteiger partial charge in [0.25, 0.3) is 0 Å². The molecule has 0 radical (unpaired) electrons. The van der Waals surface area contributed by atoms with Crippen molar-refractivity contribution in [3.8, 4) is 0 Å². The number of piperidine rings is 1. The highest BCUT2D eigenvalue weighted by molar-refractivity contribution is 8.06. The lowest BCUT2D eigenvalue weighted by Crippen LogP contribution is -2.38. The second-order valence-corrected chi connectivity index (χ2v) is 4.91. The molecule has 0 spiro atoms. The maximum Gasteiger partial charge on any atom is 0.310 e. The smallest absolute Gasteiger partial charge is 0.310 e. The first-order valence-corrected chi connectivity index (χ1v) is 6.58. The average molecular weight is 240 g/mol. The van der Waals surface area contributed by atoms with Gasteiger partial charge in [0.2, 0.25) is 0 Å². The number of halogens is 1. The van der Waals surface area contributed by atoms with Crippen molar-refractivity contribution < 1.29 is 13.7 Å². The number of rotatable bonds is 3. The molecule has 1 aliphatic heterocycles. The van der Waals surface area contributed by atoms with Crippen LogP contribution in [0.25, 0.3) is 0 Å². The lowest BCUT2D eigenvalue weighted by molar-refractivity contribution is -0.149. The molecule has 1 rings (SSSR count). The summed E-state index contributed by atoms with van der Waals surface area (Å²) in [6.07, 6.45) is 1.63. The predicted octanol–water partition coefficient (Wildman–Crippen LogP) is 1.08. The van der Waals surface area contributed by atoms with Crippen LogP contribution in [0.1, 0.15) is 19.8 Å². The van der Waals surface area contributed by atoms with Crippen LogP contribution in [0.2, 0.25) is 0 Å². The van der Waals surface area contributed by atoms with Crippen molar-refractivity contribution in [1.29, 1.82) is 0 Å². The minimum absolute atomic E-state index is 0.175. The highest BCUT2D eigenvalue weighted by Crippen LogP contribution is 2.19. The second kappa shape index (κ2) is 5.68. The summed E-state index contributed by atoms with van der Waals surface area (Å²) in [7, 11) is 3.95. The molecule has 0 aliphatic carbocycles. The molecule has 6 heteroatoms. The quantitative estimate of drug-likeness (QED) is 0.547. The summed E-state index contributed by atoms with van der Waals surface area (Å²) in [6.45, 7) is 3.29. The van der Waals surface area contributed by atoms with E-state index in [2.05, 4.69) is 0 Å². The molecule has 1 aliphatic rings. The molecule has 14 heavy (non-hydrogen) atoms. The molecule has 2 atom stereocenters. The molecule has 0 bridgehead atoms. The standard InChI is InChI=1S/C8H14ClNO3S/c1-2-13-8(11)7-4-3-5-10(6-7)14(9)12/h7H,2-6H2,1H3. The van der Waals surface area contributed by atoms with E-state index in [0.29, 0.717) is 19.7 Å². The lowest BCUT2D eigenvalue weighted by atomic mass is 10.0. The fourth-order valence-electron chi connectivity index (χ4n) is 1.53. The monoisotopic (exact) mass is 239 g/mol. The third-order valence-corrected chi connectivity index (χ3v) is 3.53. The van der Waals surface area contributed by atoms with Crippen LogP contribution in [0.15, 0.2) is 0 Å². The number of carbonyl (C=O) groups is 1. The molecule has 0 N–H and O–H groups in total. The number of hydrogen-bond acceptors (Lipinski definition) is 3. The Morgan fingerprint density at radius 3 is 3.00 bits per heavy atom. The van der Waals surface area contributed by atoms with Gasteiger partial charge in [-0.25, -0.2) is 8.51 Å². The van der Waals surface area contributed by atoms with Crippen LogP contribution in [-0.2, 0) is 19.7 Å². The zero-order valence-electron chi connectivity index (χ0n) is 8.07. The van der Waals surface area contributed by atoms with E-state index in [-0.39, 0.29) is 11.9 Å². The molecule has 1 fully saturated rings. The van der Waals surface area contributed by atoms with E-state index in [1.165, 1.54) is 0 Å². The fraction of sp³-hybridized carbons (Fsp3) is 0.875. The molecular weight excluding hydrogens is 226 g/mol. The van der Waals surface area contributed by atoms with Crippen molar-refractivity contribution in [3.63, 3.8) is 0 Å². The van der Waals surface area contributed by atoms with Crippen molar-refractivity contribution in [2.45, 2.75) is 19.8 Å². The maximum atomic E-state index is 11.4. The maximum absolute atomic E-state index is 11.4. The van der Waals surface area contributed by atoms with Gasteiger partial charge >= 0.3 is 5.97 Å². The summed E-state index contributed by atoms with van der Waals surface area (Å²) in [6, 6.07) is 0. The summed E-state index contributed by atoms with van der Waals surface area (Å²) < 4.78 is 17.5. The zero-order valence-corrected chi connectivity index (χ0v) is 9.64. The Hall–Kier alpha value is -0.130. The van der Waals surface area contributed by atoms with E-state index in [4.69, 9.17) is 15.4 Å². The normalized spacial score (nSPS) is 25.7. The number of ether oxygens (including phenoxy) is 1. The van der Waals surface area contributed by atoms with E-state index >= 15 is 0 Å². The van der Waals surface area contributed by atoms with Crippen molar-refractivity contribution in [2.75, 3.05) is 19.7 Å². The third-order valence-electron chi connectivity index (χ3n) is 2.21. The Labute approximate surface area is 90.6 Å². The minimum atomic E-state index is -1.50. The summed E-state index contributed by atoms with van der Waals surface area (Å²) >= 11 is 0. The van der Waals surface area contributed by atoms with Gasteiger partial charge in [-0.2, -0.15) is 0 Å². The van der Waals surface area contributed by atoms with Crippen molar-refractivity contribution in [2.24, 2.45) is 5.92 Å². The van der Waals surface area contributed by atoms with E-state index in [0.717, 1.165) is 12.8 Å². The van der Waals surface area contributed by atoms with Gasteiger partial charge in [-0.05, 0) is 19.8 Å². The Kier molecular flexibility index (Phi) is 4.84. The number of esters is 1. The van der Waals surface area contributed by atoms with Gasteiger partial charge in [-0.1, -0.05) is 0 Å². The van der Waals surface area contributed by atoms with Crippen LogP contribution < -0.4 is 0 Å². The molecule has 0 aromatic heterocycles. The van der Waals surface area contributed by atoms with Gasteiger partial charge in [0.15, 0.2) is 10.2 Å². The highest BCUT2D eigenvalue weighted by Gasteiger charge is 2.28. The number of carbonyl (C=O) groups excluding carboxylic acids is 1. The summed E-state index contributed by atoms with van der Waals surface area (Å²) in [5, 5.41) is 0. The second-order valence-electron chi connectivity index (χ2n) is 3.19. The SMILES string of the molecule is CCOC(=O)C1CCCN(S(=O)Cl)C1. The van der Waals surface area contributed by atoms with Crippen molar-refractivity contribution >= 4 is 26.9 Å². The Morgan fingerprint density at radius 2 is 2.43 bits per heavy atom. The van der Waals surface area contributed by atoms with Gasteiger partial charge in [0.05, 0.1) is 12.5 Å². The zero-order chi connectivity index (χ0) is 10.6. The van der Waals surface area contributed by atoms with Crippen LogP contribution >= 0.6 is 10.7 Å². The fourth-order valence-corrected chi connectivity index (χ4v) is 2.47. The summed E-state index contributed by atoms with van der Waals surface area (Å²) in [5.41, 5.74) is 0. The Bertz CT molecular complexity index is 237. The highest BCUT2D eigenvalue weighted by atomic mass is 35.7. The molecule has 1 saturated heterocycles. The Morgan fingerprint density at radius 1 is 1.71 bits per heavy atom. The topological polar surface area (TPSA) is 46.6 Å². The van der Waals surface area contributed by atoms with Crippen LogP contribution in [0, 0.1) is 5.92 Å². The number of hydrogen-bond donors (Lipinski definition) is 0. The van der Waals surface area contributed by atoms with Gasteiger partial charge in [0.1, 0.15) is 0 Å². The van der Waals surface area contributed by atoms with Gasteiger partial charge < -0.3 is 4.74 Å². The van der Waals surface area contributed by atoms with E-state index in [9.17, 15) is 9.00 Å². The third kappa shape index (κ3) is 3.22. The van der Waals surface area contributed by atoms with Crippen LogP contribution in [0.5, 0.6) is 0 Å². The first kappa shape index (κ1) is 11.9. The van der Waals surface area contributed by atoms with Crippen LogP contribution in [-0.4, -0.2) is 34.2 Å². The first-order valence-electron chi connectivity index (χ1n) is 4.65. The van der Waals surface area contributed by atoms with E-state index in [1.807, 2.05) is 0 Å². The summed E-state index contributed by atoms with van der Waals surface area (Å²) in [5.74, 6) is -0.384. The molecule has 0 saturated carbocycles. The largest absolute Gasteiger partial charge is 0.466 e. The van der Waals surface area contributed by atoms with E-state index in [1.54, 1.807) is 11.2 Å². The molecule has 0 aromatic carbocycles. The van der Waals surface area contributed by atoms with Crippen molar-refractivity contribution in [1.82, 2.24) is 4.31 Å². The molecule has 4 nitrogen and oxygen atoms in total. The molecular formula is C8H14ClNO3S. The molecule has 0 amide bonds. The van der Waals surface area contributed by atoms with Gasteiger partial charge in [-0.15, -0.1) is 0 Å². The number of nitrogens with zero attached hydrogens (tertiary/aromatic N) is 1. The molecule has 82 valence electrons. The summed E-state index contributed by atoms with van der Waals surface area (Å²) in [4.78, 5) is 11.4. The molecule has 2 unspecified atom stereocenters. The van der Waals surface area contributed by atoms with Crippen molar-refractivity contribution in [3.05, 3.63) is 0 Å². The lowest BCUT2D eigenvalue weighted by Gasteiger charge is -2.27.